The van der Waals surface area contributed by atoms with Gasteiger partial charge in [0, 0.05) is 39.3 Å². The van der Waals surface area contributed by atoms with Crippen LogP contribution in [0.2, 0.25) is 0 Å². The molecule has 0 aliphatic rings. The van der Waals surface area contributed by atoms with Crippen LogP contribution in [0.15, 0.2) is 24.5 Å². The molecule has 5 N–H and O–H groups in total. The van der Waals surface area contributed by atoms with Crippen molar-refractivity contribution in [2.24, 2.45) is 19.8 Å². The Hall–Kier alpha value is -3.34. The van der Waals surface area contributed by atoms with Gasteiger partial charge in [-0.1, -0.05) is 0 Å². The highest BCUT2D eigenvalue weighted by atomic mass is 35.5. The molecule has 2 aromatic heterocycles. The number of anilines is 1. The van der Waals surface area contributed by atoms with Gasteiger partial charge in [-0.3, -0.25) is 25.1 Å². The van der Waals surface area contributed by atoms with E-state index in [4.69, 9.17) is 11.1 Å². The number of aryl methyl sites for hydroxylation is 2. The molecule has 2 aromatic rings. The third kappa shape index (κ3) is 5.31. The number of hydrogen-bond acceptors (Lipinski definition) is 5. The number of rotatable bonds is 7. The van der Waals surface area contributed by atoms with Crippen molar-refractivity contribution in [1.82, 2.24) is 14.5 Å². The van der Waals surface area contributed by atoms with E-state index in [1.165, 1.54) is 34.5 Å². The fourth-order valence-corrected chi connectivity index (χ4v) is 2.33. The summed E-state index contributed by atoms with van der Waals surface area (Å²) in [7, 11) is 3.17. The molecule has 0 radical (unpaired) electrons. The molecule has 2 rings (SSSR count). The predicted octanol–water partition coefficient (Wildman–Crippen LogP) is 1.00. The van der Waals surface area contributed by atoms with Gasteiger partial charge in [-0.05, 0) is 6.07 Å². The summed E-state index contributed by atoms with van der Waals surface area (Å²) >= 11 is 0. The van der Waals surface area contributed by atoms with Crippen LogP contribution in [0.5, 0.6) is 0 Å². The van der Waals surface area contributed by atoms with Crippen LogP contribution in [0, 0.1) is 15.5 Å². The van der Waals surface area contributed by atoms with E-state index in [2.05, 4.69) is 10.6 Å². The van der Waals surface area contributed by atoms with Crippen LogP contribution in [0.25, 0.3) is 0 Å². The third-order valence-electron chi connectivity index (χ3n) is 3.61. The predicted molar refractivity (Wildman–Crippen MR) is 102 cm³/mol. The summed E-state index contributed by atoms with van der Waals surface area (Å²) in [5.41, 5.74) is 5.84. The van der Waals surface area contributed by atoms with Gasteiger partial charge in [0.05, 0.1) is 22.6 Å². The van der Waals surface area contributed by atoms with Gasteiger partial charge in [0.2, 0.25) is 0 Å². The molecule has 0 fully saturated rings. The Morgan fingerprint density at radius 1 is 1.19 bits per heavy atom. The summed E-state index contributed by atoms with van der Waals surface area (Å²) in [4.78, 5) is 34.6. The molecule has 0 saturated heterocycles. The summed E-state index contributed by atoms with van der Waals surface area (Å²) in [6.45, 7) is 0.230. The molecule has 0 saturated carbocycles. The van der Waals surface area contributed by atoms with Crippen molar-refractivity contribution in [2.45, 2.75) is 6.42 Å². The Morgan fingerprint density at radius 2 is 1.78 bits per heavy atom. The van der Waals surface area contributed by atoms with Gasteiger partial charge in [-0.15, -0.1) is 12.4 Å². The number of aromatic nitrogens is 2. The van der Waals surface area contributed by atoms with Crippen molar-refractivity contribution >= 4 is 41.4 Å². The first-order chi connectivity index (χ1) is 12.2. The Kier molecular flexibility index (Phi) is 7.11. The smallest absolute Gasteiger partial charge is 0.287 e. The zero-order valence-corrected chi connectivity index (χ0v) is 15.5. The maximum absolute atomic E-state index is 12.3. The molecule has 0 aromatic carbocycles. The molecule has 0 aliphatic heterocycles. The number of carbonyl (C=O) groups excluding carboxylic acids is 2. The first-order valence-corrected chi connectivity index (χ1v) is 7.58. The SMILES string of the molecule is Cl.Cn1cc(NC(=O)c2cc([N+](=O)[O-])cn2C)cc1C(=O)NCCC(=N)N. The lowest BCUT2D eigenvalue weighted by molar-refractivity contribution is -0.384. The average molecular weight is 398 g/mol. The number of nitrogens with one attached hydrogen (secondary N) is 3. The van der Waals surface area contributed by atoms with E-state index in [-0.39, 0.29) is 48.5 Å². The van der Waals surface area contributed by atoms with Gasteiger partial charge < -0.3 is 25.5 Å². The van der Waals surface area contributed by atoms with Gasteiger partial charge in [-0.2, -0.15) is 0 Å². The van der Waals surface area contributed by atoms with Gasteiger partial charge in [0.1, 0.15) is 11.4 Å². The molecule has 11 nitrogen and oxygen atoms in total. The molecule has 0 unspecified atom stereocenters. The second kappa shape index (κ2) is 8.85. The highest BCUT2D eigenvalue weighted by Crippen LogP contribution is 2.18. The van der Waals surface area contributed by atoms with Gasteiger partial charge in [-0.25, -0.2) is 0 Å². The van der Waals surface area contributed by atoms with Crippen LogP contribution in [-0.2, 0) is 14.1 Å². The summed E-state index contributed by atoms with van der Waals surface area (Å²) in [6, 6.07) is 2.66. The molecule has 0 aliphatic carbocycles. The lowest BCUT2D eigenvalue weighted by Crippen LogP contribution is -2.28. The molecule has 0 spiro atoms. The van der Waals surface area contributed by atoms with Crippen molar-refractivity contribution < 1.29 is 14.5 Å². The van der Waals surface area contributed by atoms with E-state index in [0.717, 1.165) is 0 Å². The van der Waals surface area contributed by atoms with E-state index in [1.54, 1.807) is 13.2 Å². The molecule has 2 heterocycles. The molecule has 0 bridgehead atoms. The second-order valence-electron chi connectivity index (χ2n) is 5.66. The first-order valence-electron chi connectivity index (χ1n) is 7.58. The van der Waals surface area contributed by atoms with E-state index in [9.17, 15) is 19.7 Å². The van der Waals surface area contributed by atoms with E-state index < -0.39 is 10.8 Å². The van der Waals surface area contributed by atoms with Crippen LogP contribution >= 0.6 is 12.4 Å². The quantitative estimate of drug-likeness (QED) is 0.237. The lowest BCUT2D eigenvalue weighted by atomic mass is 10.3. The normalized spacial score (nSPS) is 10.0. The fraction of sp³-hybridized carbons (Fsp3) is 0.267. The minimum atomic E-state index is -0.581. The molecular formula is C15H20ClN7O4. The minimum Gasteiger partial charge on any atom is -0.388 e. The molecule has 12 heteroatoms. The standard InChI is InChI=1S/C15H19N7O4.ClH/c1-20-7-9(5-11(20)14(23)18-4-3-13(16)17)19-15(24)12-6-10(22(25)26)8-21(12)2;/h5-8H,3-4H2,1-2H3,(H3,16,17)(H,18,23)(H,19,24);1H. The first kappa shape index (κ1) is 21.7. The Labute approximate surface area is 160 Å². The number of amidine groups is 1. The van der Waals surface area contributed by atoms with Crippen molar-refractivity contribution in [1.29, 1.82) is 5.41 Å². The van der Waals surface area contributed by atoms with Crippen LogP contribution in [0.3, 0.4) is 0 Å². The van der Waals surface area contributed by atoms with Crippen LogP contribution < -0.4 is 16.4 Å². The number of nitrogens with zero attached hydrogens (tertiary/aromatic N) is 3. The molecule has 0 atom stereocenters. The number of nitrogens with two attached hydrogens (primary N) is 1. The molecule has 27 heavy (non-hydrogen) atoms. The number of amides is 2. The van der Waals surface area contributed by atoms with Crippen molar-refractivity contribution in [3.05, 3.63) is 46.0 Å². The second-order valence-corrected chi connectivity index (χ2v) is 5.66. The number of hydrogen-bond donors (Lipinski definition) is 4. The highest BCUT2D eigenvalue weighted by molar-refractivity contribution is 6.04. The summed E-state index contributed by atoms with van der Waals surface area (Å²) in [6.07, 6.45) is 3.04. The van der Waals surface area contributed by atoms with Crippen molar-refractivity contribution in [2.75, 3.05) is 11.9 Å². The van der Waals surface area contributed by atoms with E-state index in [0.29, 0.717) is 11.4 Å². The average Bonchev–Trinajstić information content (AvgIpc) is 3.10. The van der Waals surface area contributed by atoms with Crippen LogP contribution in [0.1, 0.15) is 27.4 Å². The van der Waals surface area contributed by atoms with Crippen LogP contribution in [-0.4, -0.2) is 38.3 Å². The summed E-state index contributed by atoms with van der Waals surface area (Å²) in [5.74, 6) is -0.930. The van der Waals surface area contributed by atoms with Crippen LogP contribution in [0.4, 0.5) is 11.4 Å². The van der Waals surface area contributed by atoms with E-state index in [1.807, 2.05) is 0 Å². The minimum absolute atomic E-state index is 0. The zero-order chi connectivity index (χ0) is 19.4. The van der Waals surface area contributed by atoms with Gasteiger partial charge in [0.15, 0.2) is 0 Å². The van der Waals surface area contributed by atoms with Gasteiger partial charge >= 0.3 is 0 Å². The zero-order valence-electron chi connectivity index (χ0n) is 14.7. The molecular weight excluding hydrogens is 378 g/mol. The Morgan fingerprint density at radius 3 is 2.33 bits per heavy atom. The summed E-state index contributed by atoms with van der Waals surface area (Å²) < 4.78 is 2.89. The Bertz CT molecular complexity index is 887. The molecule has 2 amide bonds. The van der Waals surface area contributed by atoms with Crippen molar-refractivity contribution in [3.8, 4) is 0 Å². The highest BCUT2D eigenvalue weighted by Gasteiger charge is 2.19. The third-order valence-corrected chi connectivity index (χ3v) is 3.61. The molecule has 146 valence electrons. The maximum atomic E-state index is 12.3. The topological polar surface area (TPSA) is 161 Å². The fourth-order valence-electron chi connectivity index (χ4n) is 2.33. The van der Waals surface area contributed by atoms with E-state index >= 15 is 0 Å². The Balaban J connectivity index is 0.00000364. The summed E-state index contributed by atoms with van der Waals surface area (Å²) in [5, 5.41) is 23.1. The lowest BCUT2D eigenvalue weighted by Gasteiger charge is -2.04. The van der Waals surface area contributed by atoms with Crippen molar-refractivity contribution in [3.63, 3.8) is 0 Å². The largest absolute Gasteiger partial charge is 0.388 e. The maximum Gasteiger partial charge on any atom is 0.287 e. The number of nitro groups is 1. The van der Waals surface area contributed by atoms with Gasteiger partial charge in [0.25, 0.3) is 17.5 Å². The number of carbonyl (C=O) groups is 2. The monoisotopic (exact) mass is 397 g/mol. The number of halogens is 1.